The fourth-order valence-corrected chi connectivity index (χ4v) is 1.73. The molecule has 0 aliphatic carbocycles. The predicted molar refractivity (Wildman–Crippen MR) is 52.8 cm³/mol. The first-order valence-corrected chi connectivity index (χ1v) is 5.24. The molecule has 3 heteroatoms. The molecule has 1 rings (SSSR count). The summed E-state index contributed by atoms with van der Waals surface area (Å²) >= 11 is 0. The highest BCUT2D eigenvalue weighted by Gasteiger charge is 2.15. The number of hydrogen-bond acceptors (Lipinski definition) is 3. The minimum atomic E-state index is 0.288. The lowest BCUT2D eigenvalue weighted by atomic mass is 10.1. The summed E-state index contributed by atoms with van der Waals surface area (Å²) in [7, 11) is 2.09. The van der Waals surface area contributed by atoms with Crippen molar-refractivity contribution >= 4 is 0 Å². The third-order valence-corrected chi connectivity index (χ3v) is 2.49. The van der Waals surface area contributed by atoms with Gasteiger partial charge in [-0.05, 0) is 32.7 Å². The molecule has 0 aromatic heterocycles. The molecule has 1 heterocycles. The molecule has 1 saturated heterocycles. The number of aliphatic hydroxyl groups is 1. The molecule has 0 saturated carbocycles. The minimum absolute atomic E-state index is 0.288. The van der Waals surface area contributed by atoms with Crippen LogP contribution < -0.4 is 0 Å². The molecule has 78 valence electrons. The Kier molecular flexibility index (Phi) is 5.35. The maximum Gasteiger partial charge on any atom is 0.0701 e. The van der Waals surface area contributed by atoms with Gasteiger partial charge in [0.05, 0.1) is 6.10 Å². The van der Waals surface area contributed by atoms with Gasteiger partial charge in [-0.2, -0.15) is 0 Å². The molecule has 0 bridgehead atoms. The number of nitrogens with zero attached hydrogens (tertiary/aromatic N) is 1. The van der Waals surface area contributed by atoms with Crippen LogP contribution in [0.2, 0.25) is 0 Å². The predicted octanol–water partition coefficient (Wildman–Crippen LogP) is 0.870. The molecular formula is C10H21NO2. The Bertz CT molecular complexity index is 124. The molecule has 1 fully saturated rings. The van der Waals surface area contributed by atoms with E-state index in [2.05, 4.69) is 11.9 Å². The number of likely N-dealkylation sites (N-methyl/N-ethyl adjacent to an activating group) is 1. The minimum Gasteiger partial charge on any atom is -0.396 e. The molecule has 0 aromatic rings. The Morgan fingerprint density at radius 2 is 2.31 bits per heavy atom. The van der Waals surface area contributed by atoms with Gasteiger partial charge in [-0.1, -0.05) is 0 Å². The van der Waals surface area contributed by atoms with E-state index < -0.39 is 0 Å². The fraction of sp³-hybridized carbons (Fsp3) is 1.00. The van der Waals surface area contributed by atoms with Crippen molar-refractivity contribution in [3.63, 3.8) is 0 Å². The Morgan fingerprint density at radius 3 is 2.92 bits per heavy atom. The summed E-state index contributed by atoms with van der Waals surface area (Å²) < 4.78 is 5.62. The van der Waals surface area contributed by atoms with Gasteiger partial charge in [0.2, 0.25) is 0 Å². The van der Waals surface area contributed by atoms with Gasteiger partial charge in [0.15, 0.2) is 0 Å². The molecule has 13 heavy (non-hydrogen) atoms. The van der Waals surface area contributed by atoms with Gasteiger partial charge in [0, 0.05) is 26.3 Å². The molecule has 1 aliphatic rings. The number of aliphatic hydroxyl groups excluding tert-OH is 1. The summed E-state index contributed by atoms with van der Waals surface area (Å²) in [6.45, 7) is 3.20. The van der Waals surface area contributed by atoms with Crippen LogP contribution in [0.15, 0.2) is 0 Å². The largest absolute Gasteiger partial charge is 0.396 e. The van der Waals surface area contributed by atoms with Crippen LogP contribution in [-0.2, 0) is 4.74 Å². The van der Waals surface area contributed by atoms with Crippen LogP contribution in [0.4, 0.5) is 0 Å². The van der Waals surface area contributed by atoms with Gasteiger partial charge in [-0.3, -0.25) is 0 Å². The Balaban J connectivity index is 2.07. The molecule has 0 radical (unpaired) electrons. The van der Waals surface area contributed by atoms with Crippen LogP contribution in [0.25, 0.3) is 0 Å². The maximum absolute atomic E-state index is 8.66. The molecule has 1 unspecified atom stereocenters. The smallest absolute Gasteiger partial charge is 0.0701 e. The fourth-order valence-electron chi connectivity index (χ4n) is 1.73. The zero-order valence-corrected chi connectivity index (χ0v) is 8.54. The van der Waals surface area contributed by atoms with Crippen molar-refractivity contribution in [1.82, 2.24) is 4.90 Å². The highest BCUT2D eigenvalue weighted by Crippen LogP contribution is 2.13. The van der Waals surface area contributed by atoms with Gasteiger partial charge < -0.3 is 14.7 Å². The van der Waals surface area contributed by atoms with E-state index in [1.54, 1.807) is 0 Å². The third-order valence-electron chi connectivity index (χ3n) is 2.49. The summed E-state index contributed by atoms with van der Waals surface area (Å²) in [4.78, 5) is 2.24. The molecule has 1 N–H and O–H groups in total. The van der Waals surface area contributed by atoms with Crippen LogP contribution in [0, 0.1) is 0 Å². The molecule has 1 aliphatic heterocycles. The first-order valence-electron chi connectivity index (χ1n) is 5.24. The first kappa shape index (κ1) is 11.0. The summed E-state index contributed by atoms with van der Waals surface area (Å²) in [5.41, 5.74) is 0. The lowest BCUT2D eigenvalue weighted by molar-refractivity contribution is -0.00204. The third kappa shape index (κ3) is 4.60. The van der Waals surface area contributed by atoms with Gasteiger partial charge >= 0.3 is 0 Å². The van der Waals surface area contributed by atoms with E-state index in [9.17, 15) is 0 Å². The lowest BCUT2D eigenvalue weighted by Crippen LogP contribution is -2.34. The van der Waals surface area contributed by atoms with E-state index in [4.69, 9.17) is 9.84 Å². The van der Waals surface area contributed by atoms with Crippen LogP contribution in [-0.4, -0.2) is 49.5 Å². The van der Waals surface area contributed by atoms with Crippen molar-refractivity contribution < 1.29 is 9.84 Å². The summed E-state index contributed by atoms with van der Waals surface area (Å²) in [6.07, 6.45) is 5.01. The van der Waals surface area contributed by atoms with Crippen molar-refractivity contribution in [2.45, 2.75) is 31.8 Å². The van der Waals surface area contributed by atoms with E-state index >= 15 is 0 Å². The summed E-state index contributed by atoms with van der Waals surface area (Å²) in [5, 5.41) is 8.66. The highest BCUT2D eigenvalue weighted by atomic mass is 16.5. The summed E-state index contributed by atoms with van der Waals surface area (Å²) in [6, 6.07) is 0. The molecule has 0 aromatic carbocycles. The molecule has 3 nitrogen and oxygen atoms in total. The molecular weight excluding hydrogens is 166 g/mol. The van der Waals surface area contributed by atoms with E-state index in [-0.39, 0.29) is 6.61 Å². The Labute approximate surface area is 80.7 Å². The number of ether oxygens (including phenoxy) is 1. The topological polar surface area (TPSA) is 32.7 Å². The van der Waals surface area contributed by atoms with Gasteiger partial charge in [0.25, 0.3) is 0 Å². The number of rotatable bonds is 5. The monoisotopic (exact) mass is 187 g/mol. The van der Waals surface area contributed by atoms with E-state index in [0.29, 0.717) is 6.10 Å². The lowest BCUT2D eigenvalue weighted by Gasteiger charge is -2.27. The SMILES string of the molecule is CN(CCCO)CC1CCCCO1. The zero-order chi connectivity index (χ0) is 9.52. The van der Waals surface area contributed by atoms with Crippen LogP contribution >= 0.6 is 0 Å². The second-order valence-corrected chi connectivity index (χ2v) is 3.83. The van der Waals surface area contributed by atoms with Gasteiger partial charge in [-0.25, -0.2) is 0 Å². The van der Waals surface area contributed by atoms with E-state index in [1.165, 1.54) is 19.3 Å². The number of hydrogen-bond donors (Lipinski definition) is 1. The average Bonchev–Trinajstić information content (AvgIpc) is 2.16. The van der Waals surface area contributed by atoms with Crippen molar-refractivity contribution in [1.29, 1.82) is 0 Å². The molecule has 0 amide bonds. The summed E-state index contributed by atoms with van der Waals surface area (Å²) in [5.74, 6) is 0. The first-order chi connectivity index (χ1) is 6.33. The maximum atomic E-state index is 8.66. The Morgan fingerprint density at radius 1 is 1.46 bits per heavy atom. The highest BCUT2D eigenvalue weighted by molar-refractivity contribution is 4.67. The van der Waals surface area contributed by atoms with Crippen LogP contribution in [0.1, 0.15) is 25.7 Å². The average molecular weight is 187 g/mol. The normalized spacial score (nSPS) is 23.8. The van der Waals surface area contributed by atoms with Gasteiger partial charge in [0.1, 0.15) is 0 Å². The van der Waals surface area contributed by atoms with E-state index in [1.807, 2.05) is 0 Å². The Hall–Kier alpha value is -0.120. The van der Waals surface area contributed by atoms with Crippen molar-refractivity contribution in [3.8, 4) is 0 Å². The standard InChI is InChI=1S/C10H21NO2/c1-11(6-4-7-12)9-10-5-2-3-8-13-10/h10,12H,2-9H2,1H3. The molecule has 0 spiro atoms. The van der Waals surface area contributed by atoms with Crippen LogP contribution in [0.5, 0.6) is 0 Å². The van der Waals surface area contributed by atoms with Crippen molar-refractivity contribution in [2.75, 3.05) is 33.4 Å². The second kappa shape index (κ2) is 6.35. The van der Waals surface area contributed by atoms with Crippen molar-refractivity contribution in [3.05, 3.63) is 0 Å². The molecule has 1 atom stereocenters. The van der Waals surface area contributed by atoms with Crippen LogP contribution in [0.3, 0.4) is 0 Å². The zero-order valence-electron chi connectivity index (χ0n) is 8.54. The quantitative estimate of drug-likeness (QED) is 0.693. The van der Waals surface area contributed by atoms with E-state index in [0.717, 1.165) is 26.1 Å². The van der Waals surface area contributed by atoms with Crippen molar-refractivity contribution in [2.24, 2.45) is 0 Å². The second-order valence-electron chi connectivity index (χ2n) is 3.83. The van der Waals surface area contributed by atoms with Gasteiger partial charge in [-0.15, -0.1) is 0 Å².